The maximum absolute atomic E-state index is 14.0. The summed E-state index contributed by atoms with van der Waals surface area (Å²) in [6.45, 7) is 3.83. The molecule has 2 amide bonds. The van der Waals surface area contributed by atoms with E-state index in [0.717, 1.165) is 5.56 Å². The zero-order valence-electron chi connectivity index (χ0n) is 16.4. The summed E-state index contributed by atoms with van der Waals surface area (Å²) in [5, 5.41) is 10.2. The van der Waals surface area contributed by atoms with Crippen molar-refractivity contribution in [2.75, 3.05) is 13.8 Å². The third-order valence-electron chi connectivity index (χ3n) is 7.10. The van der Waals surface area contributed by atoms with Crippen molar-refractivity contribution in [2.24, 2.45) is 5.41 Å². The highest BCUT2D eigenvalue weighted by atomic mass is 32.2. The van der Waals surface area contributed by atoms with Crippen molar-refractivity contribution in [1.29, 1.82) is 5.26 Å². The summed E-state index contributed by atoms with van der Waals surface area (Å²) in [4.78, 5) is 29.0. The molecular formula is C20H17N3O4S3. The van der Waals surface area contributed by atoms with Crippen molar-refractivity contribution >= 4 is 51.8 Å². The highest BCUT2D eigenvalue weighted by Gasteiger charge is 2.86. The van der Waals surface area contributed by atoms with Crippen LogP contribution in [-0.4, -0.2) is 54.1 Å². The van der Waals surface area contributed by atoms with Crippen molar-refractivity contribution in [1.82, 2.24) is 9.80 Å². The summed E-state index contributed by atoms with van der Waals surface area (Å²) in [6, 6.07) is 7.32. The Balaban J connectivity index is 1.58. The zero-order chi connectivity index (χ0) is 21.3. The second-order valence-corrected chi connectivity index (χ2v) is 12.3. The molecule has 154 valence electrons. The average molecular weight is 460 g/mol. The SMILES string of the molecule is CN1C(=O)[C@@]23C[C@](C)(C#N)C(c4ccc5c(c4)OCO5)N2C(=O)[C@]2(C)SC(=S)C12S3. The fraction of sp³-hybridized carbons (Fsp3) is 0.500. The van der Waals surface area contributed by atoms with Crippen LogP contribution in [0.4, 0.5) is 0 Å². The Morgan fingerprint density at radius 1 is 1.23 bits per heavy atom. The number of benzene rings is 1. The highest BCUT2D eigenvalue weighted by Crippen LogP contribution is 2.76. The van der Waals surface area contributed by atoms with Gasteiger partial charge in [0.1, 0.15) is 4.75 Å². The maximum atomic E-state index is 14.0. The normalized spacial score (nSPS) is 42.7. The molecule has 5 aliphatic rings. The molecule has 4 saturated heterocycles. The van der Waals surface area contributed by atoms with E-state index in [0.29, 0.717) is 15.7 Å². The first-order valence-corrected chi connectivity index (χ1v) is 11.6. The topological polar surface area (TPSA) is 82.9 Å². The first kappa shape index (κ1) is 18.8. The van der Waals surface area contributed by atoms with E-state index < -0.39 is 25.9 Å². The third-order valence-corrected chi connectivity index (χ3v) is 11.4. The number of hydrogen-bond donors (Lipinski definition) is 0. The van der Waals surface area contributed by atoms with E-state index in [4.69, 9.17) is 21.7 Å². The number of carbonyl (C=O) groups is 2. The molecule has 6 rings (SSSR count). The fourth-order valence-electron chi connectivity index (χ4n) is 5.67. The van der Waals surface area contributed by atoms with E-state index >= 15 is 0 Å². The van der Waals surface area contributed by atoms with Crippen LogP contribution >= 0.6 is 35.7 Å². The summed E-state index contributed by atoms with van der Waals surface area (Å²) in [7, 11) is 1.72. The Labute approximate surface area is 187 Å². The minimum atomic E-state index is -1.14. The van der Waals surface area contributed by atoms with Crippen LogP contribution in [-0.2, 0) is 9.59 Å². The van der Waals surface area contributed by atoms with Gasteiger partial charge in [-0.3, -0.25) is 9.59 Å². The first-order valence-electron chi connectivity index (χ1n) is 9.51. The number of nitriles is 1. The van der Waals surface area contributed by atoms with Crippen LogP contribution in [0.15, 0.2) is 18.2 Å². The molecule has 0 aliphatic carbocycles. The molecule has 0 N–H and O–H groups in total. The van der Waals surface area contributed by atoms with Gasteiger partial charge in [-0.05, 0) is 31.5 Å². The number of thiocarbonyl (C=S) groups is 1. The van der Waals surface area contributed by atoms with Crippen molar-refractivity contribution < 1.29 is 19.1 Å². The molecule has 0 aromatic heterocycles. The Hall–Kier alpha value is -1.96. The van der Waals surface area contributed by atoms with Crippen LogP contribution < -0.4 is 9.47 Å². The predicted octanol–water partition coefficient (Wildman–Crippen LogP) is 2.66. The average Bonchev–Trinajstić information content (AvgIpc) is 3.35. The lowest BCUT2D eigenvalue weighted by atomic mass is 9.79. The van der Waals surface area contributed by atoms with Gasteiger partial charge in [-0.1, -0.05) is 41.8 Å². The number of fused-ring (bicyclic) bond motifs is 1. The van der Waals surface area contributed by atoms with Crippen LogP contribution in [0.2, 0.25) is 0 Å². The second-order valence-electron chi connectivity index (χ2n) is 8.71. The van der Waals surface area contributed by atoms with Crippen molar-refractivity contribution in [3.63, 3.8) is 0 Å². The minimum absolute atomic E-state index is 0.138. The number of amides is 2. The summed E-state index contributed by atoms with van der Waals surface area (Å²) in [5.41, 5.74) is -0.190. The molecule has 7 nitrogen and oxygen atoms in total. The lowest BCUT2D eigenvalue weighted by molar-refractivity contribution is -0.143. The smallest absolute Gasteiger partial charge is 0.260 e. The first-order chi connectivity index (χ1) is 14.1. The standard InChI is InChI=1S/C20H17N3O4S3/c1-17(8-21)7-19-15(25)22(3)20(30-19)16(28)29-18(20,2)14(24)23(19)13(17)10-4-5-11-12(6-10)27-9-26-11/h4-6,13H,7,9H2,1-3H3/t13?,17-,18+,19+,20?/m1/s1. The van der Waals surface area contributed by atoms with E-state index in [1.807, 2.05) is 26.0 Å². The van der Waals surface area contributed by atoms with Crippen LogP contribution in [0, 0.1) is 16.7 Å². The largest absolute Gasteiger partial charge is 0.454 e. The van der Waals surface area contributed by atoms with Gasteiger partial charge >= 0.3 is 0 Å². The van der Waals surface area contributed by atoms with Crippen molar-refractivity contribution in [3.05, 3.63) is 23.8 Å². The molecular weight excluding hydrogens is 442 g/mol. The van der Waals surface area contributed by atoms with Gasteiger partial charge in [-0.25, -0.2) is 0 Å². The fourth-order valence-corrected chi connectivity index (χ4v) is 10.4. The Morgan fingerprint density at radius 2 is 1.97 bits per heavy atom. The highest BCUT2D eigenvalue weighted by molar-refractivity contribution is 8.30. The molecule has 10 heteroatoms. The van der Waals surface area contributed by atoms with Crippen molar-refractivity contribution in [3.8, 4) is 17.6 Å². The Bertz CT molecular complexity index is 1140. The van der Waals surface area contributed by atoms with Gasteiger partial charge in [0.25, 0.3) is 5.91 Å². The van der Waals surface area contributed by atoms with Gasteiger partial charge in [0.15, 0.2) is 21.2 Å². The molecule has 2 unspecified atom stereocenters. The number of rotatable bonds is 1. The molecule has 0 radical (unpaired) electrons. The number of thioether (sulfide) groups is 2. The minimum Gasteiger partial charge on any atom is -0.454 e. The van der Waals surface area contributed by atoms with Crippen molar-refractivity contribution in [2.45, 2.75) is 40.8 Å². The Kier molecular flexibility index (Phi) is 3.29. The number of likely N-dealkylation sites (N-methyl/N-ethyl adjacent to an activating group) is 1. The number of hydrogen-bond acceptors (Lipinski definition) is 8. The number of nitrogens with zero attached hydrogens (tertiary/aromatic N) is 3. The summed E-state index contributed by atoms with van der Waals surface area (Å²) in [6.07, 6.45) is 0.250. The molecule has 2 spiro atoms. The van der Waals surface area contributed by atoms with E-state index in [2.05, 4.69) is 6.07 Å². The lowest BCUT2D eigenvalue weighted by Gasteiger charge is -2.60. The summed E-state index contributed by atoms with van der Waals surface area (Å²) < 4.78 is 10.7. The molecule has 5 aliphatic heterocycles. The Morgan fingerprint density at radius 3 is 2.67 bits per heavy atom. The third kappa shape index (κ3) is 1.70. The van der Waals surface area contributed by atoms with Gasteiger partial charge in [-0.15, -0.1) is 0 Å². The number of ether oxygens (including phenoxy) is 2. The van der Waals surface area contributed by atoms with E-state index in [1.165, 1.54) is 23.5 Å². The quantitative estimate of drug-likeness (QED) is 0.593. The van der Waals surface area contributed by atoms with Gasteiger partial charge in [0.2, 0.25) is 12.7 Å². The molecule has 4 fully saturated rings. The molecule has 5 atom stereocenters. The summed E-state index contributed by atoms with van der Waals surface area (Å²) in [5.74, 6) is 0.920. The van der Waals surface area contributed by atoms with Crippen LogP contribution in [0.25, 0.3) is 0 Å². The van der Waals surface area contributed by atoms with E-state index in [9.17, 15) is 14.9 Å². The predicted molar refractivity (Wildman–Crippen MR) is 115 cm³/mol. The zero-order valence-corrected chi connectivity index (χ0v) is 18.9. The monoisotopic (exact) mass is 459 g/mol. The maximum Gasteiger partial charge on any atom is 0.260 e. The molecule has 30 heavy (non-hydrogen) atoms. The lowest BCUT2D eigenvalue weighted by Crippen LogP contribution is -2.74. The van der Waals surface area contributed by atoms with Gasteiger partial charge < -0.3 is 19.3 Å². The van der Waals surface area contributed by atoms with Gasteiger partial charge in [0, 0.05) is 13.5 Å². The van der Waals surface area contributed by atoms with Gasteiger partial charge in [-0.2, -0.15) is 5.26 Å². The second kappa shape index (κ2) is 5.26. The van der Waals surface area contributed by atoms with E-state index in [1.54, 1.807) is 22.9 Å². The number of carbonyl (C=O) groups excluding carboxylic acids is 2. The summed E-state index contributed by atoms with van der Waals surface area (Å²) >= 11 is 8.37. The van der Waals surface area contributed by atoms with E-state index in [-0.39, 0.29) is 25.0 Å². The molecule has 1 aromatic rings. The molecule has 5 heterocycles. The molecule has 1 aromatic carbocycles. The van der Waals surface area contributed by atoms with Crippen LogP contribution in [0.1, 0.15) is 31.9 Å². The molecule has 2 bridgehead atoms. The van der Waals surface area contributed by atoms with Crippen LogP contribution in [0.5, 0.6) is 11.5 Å². The molecule has 0 saturated carbocycles. The van der Waals surface area contributed by atoms with Gasteiger partial charge in [0.05, 0.1) is 21.7 Å². The van der Waals surface area contributed by atoms with Crippen LogP contribution in [0.3, 0.4) is 0 Å².